The minimum atomic E-state index is -0.615. The van der Waals surface area contributed by atoms with E-state index in [-0.39, 0.29) is 12.4 Å². The quantitative estimate of drug-likeness (QED) is 0.403. The van der Waals surface area contributed by atoms with Gasteiger partial charge in [-0.1, -0.05) is 41.9 Å². The van der Waals surface area contributed by atoms with E-state index in [1.165, 1.54) is 23.5 Å². The lowest BCUT2D eigenvalue weighted by Gasteiger charge is -2.01. The van der Waals surface area contributed by atoms with E-state index in [4.69, 9.17) is 16.3 Å². The molecule has 3 aromatic rings. The number of carbonyl (C=O) groups is 2. The Labute approximate surface area is 140 Å². The number of halogens is 1. The molecule has 116 valence electrons. The minimum Gasteiger partial charge on any atom is -0.454 e. The second kappa shape index (κ2) is 6.76. The van der Waals surface area contributed by atoms with Crippen molar-refractivity contribution in [3.05, 3.63) is 64.4 Å². The average molecular weight is 347 g/mol. The van der Waals surface area contributed by atoms with Crippen LogP contribution in [0.2, 0.25) is 5.15 Å². The number of rotatable bonds is 5. The van der Waals surface area contributed by atoms with Crippen LogP contribution in [0.25, 0.3) is 11.0 Å². The van der Waals surface area contributed by atoms with Crippen LogP contribution in [0.15, 0.2) is 48.0 Å². The number of ether oxygens (including phenoxy) is 1. The number of Topliss-reactive ketones (excluding diaryl/α,β-unsaturated/α-hetero) is 1. The van der Waals surface area contributed by atoms with Crippen molar-refractivity contribution in [2.24, 2.45) is 0 Å². The number of hydrogen-bond acceptors (Lipinski definition) is 5. The highest BCUT2D eigenvalue weighted by Crippen LogP contribution is 2.22. The van der Waals surface area contributed by atoms with Gasteiger partial charge in [0.1, 0.15) is 0 Å². The molecular formula is C16H11ClN2O3S. The van der Waals surface area contributed by atoms with Crippen LogP contribution >= 0.6 is 22.9 Å². The van der Waals surface area contributed by atoms with Crippen LogP contribution in [0.5, 0.6) is 0 Å². The molecule has 0 aliphatic heterocycles. The molecule has 3 rings (SSSR count). The van der Waals surface area contributed by atoms with Crippen molar-refractivity contribution in [3.63, 3.8) is 0 Å². The van der Waals surface area contributed by atoms with Gasteiger partial charge < -0.3 is 4.74 Å². The number of nitrogens with zero attached hydrogens (tertiary/aromatic N) is 2. The summed E-state index contributed by atoms with van der Waals surface area (Å²) in [5, 5.41) is 2.17. The van der Waals surface area contributed by atoms with Crippen LogP contribution in [-0.2, 0) is 9.53 Å². The van der Waals surface area contributed by atoms with Crippen LogP contribution < -0.4 is 0 Å². The smallest absolute Gasteiger partial charge is 0.331 e. The van der Waals surface area contributed by atoms with Crippen LogP contribution in [0, 0.1) is 0 Å². The summed E-state index contributed by atoms with van der Waals surface area (Å²) in [6.45, 7) is -0.304. The maximum Gasteiger partial charge on any atom is 0.331 e. The summed E-state index contributed by atoms with van der Waals surface area (Å²) in [6, 6.07) is 8.66. The maximum absolute atomic E-state index is 11.8. The van der Waals surface area contributed by atoms with E-state index in [9.17, 15) is 9.59 Å². The second-order valence-corrected chi connectivity index (χ2v) is 5.80. The van der Waals surface area contributed by atoms with E-state index >= 15 is 0 Å². The van der Waals surface area contributed by atoms with Gasteiger partial charge in [0, 0.05) is 23.2 Å². The van der Waals surface area contributed by atoms with E-state index in [1.807, 2.05) is 17.6 Å². The lowest BCUT2D eigenvalue weighted by atomic mass is 10.1. The van der Waals surface area contributed by atoms with Gasteiger partial charge >= 0.3 is 5.97 Å². The number of ketones is 1. The highest BCUT2D eigenvalue weighted by atomic mass is 35.5. The first-order valence-electron chi connectivity index (χ1n) is 6.69. The zero-order valence-electron chi connectivity index (χ0n) is 11.8. The van der Waals surface area contributed by atoms with Gasteiger partial charge in [0.25, 0.3) is 0 Å². The number of hydrogen-bond donors (Lipinski definition) is 0. The predicted molar refractivity (Wildman–Crippen MR) is 88.8 cm³/mol. The Bertz CT molecular complexity index is 883. The standard InChI is InChI=1S/C16H11ClN2O3S/c17-15-12(19-8-9-23-16(19)18-15)6-7-14(21)22-10-13(20)11-4-2-1-3-5-11/h1-9H,10H2. The number of aromatic nitrogens is 2. The molecule has 0 saturated heterocycles. The summed E-state index contributed by atoms with van der Waals surface area (Å²) in [5.74, 6) is -0.870. The number of fused-ring (bicyclic) bond motifs is 1. The SMILES string of the molecule is O=C(C=Cc1c(Cl)nc2sccn12)OCC(=O)c1ccccc1. The van der Waals surface area contributed by atoms with Crippen molar-refractivity contribution in [3.8, 4) is 0 Å². The van der Waals surface area contributed by atoms with Crippen molar-refractivity contribution in [2.75, 3.05) is 6.61 Å². The fourth-order valence-electron chi connectivity index (χ4n) is 1.97. The monoisotopic (exact) mass is 346 g/mol. The van der Waals surface area contributed by atoms with E-state index in [2.05, 4.69) is 4.98 Å². The zero-order chi connectivity index (χ0) is 16.2. The predicted octanol–water partition coefficient (Wildman–Crippen LogP) is 3.49. The molecular weight excluding hydrogens is 336 g/mol. The summed E-state index contributed by atoms with van der Waals surface area (Å²) in [7, 11) is 0. The Balaban J connectivity index is 1.62. The Kier molecular flexibility index (Phi) is 4.55. The molecule has 7 heteroatoms. The molecule has 0 fully saturated rings. The third kappa shape index (κ3) is 3.49. The van der Waals surface area contributed by atoms with E-state index in [0.29, 0.717) is 16.4 Å². The maximum atomic E-state index is 11.8. The van der Waals surface area contributed by atoms with Gasteiger partial charge in [-0.25, -0.2) is 9.78 Å². The van der Waals surface area contributed by atoms with Crippen LogP contribution in [0.3, 0.4) is 0 Å². The molecule has 2 heterocycles. The number of benzene rings is 1. The van der Waals surface area contributed by atoms with Gasteiger partial charge in [-0.05, 0) is 6.08 Å². The van der Waals surface area contributed by atoms with Crippen molar-refractivity contribution in [1.29, 1.82) is 0 Å². The normalized spacial score (nSPS) is 11.2. The topological polar surface area (TPSA) is 60.7 Å². The Morgan fingerprint density at radius 3 is 2.87 bits per heavy atom. The Hall–Kier alpha value is -2.44. The molecule has 1 aromatic carbocycles. The molecule has 0 spiro atoms. The van der Waals surface area contributed by atoms with Crippen LogP contribution in [0.4, 0.5) is 0 Å². The molecule has 2 aromatic heterocycles. The fraction of sp³-hybridized carbons (Fsp3) is 0.0625. The van der Waals surface area contributed by atoms with E-state index < -0.39 is 5.97 Å². The van der Waals surface area contributed by atoms with Gasteiger partial charge in [0.05, 0.1) is 5.69 Å². The first-order valence-corrected chi connectivity index (χ1v) is 7.95. The molecule has 0 atom stereocenters. The van der Waals surface area contributed by atoms with Gasteiger partial charge in [-0.3, -0.25) is 9.20 Å². The fourth-order valence-corrected chi connectivity index (χ4v) is 2.97. The summed E-state index contributed by atoms with van der Waals surface area (Å²) >= 11 is 7.46. The average Bonchev–Trinajstić information content (AvgIpc) is 3.12. The van der Waals surface area contributed by atoms with Gasteiger partial charge in [0.15, 0.2) is 22.5 Å². The Morgan fingerprint density at radius 2 is 2.09 bits per heavy atom. The number of carbonyl (C=O) groups excluding carboxylic acids is 2. The number of imidazole rings is 1. The molecule has 0 radical (unpaired) electrons. The van der Waals surface area contributed by atoms with Gasteiger partial charge in [-0.2, -0.15) is 0 Å². The minimum absolute atomic E-state index is 0.255. The second-order valence-electron chi connectivity index (χ2n) is 4.57. The van der Waals surface area contributed by atoms with Crippen molar-refractivity contribution in [1.82, 2.24) is 9.38 Å². The molecule has 0 unspecified atom stereocenters. The largest absolute Gasteiger partial charge is 0.454 e. The van der Waals surface area contributed by atoms with Crippen molar-refractivity contribution < 1.29 is 14.3 Å². The van der Waals surface area contributed by atoms with Crippen molar-refractivity contribution in [2.45, 2.75) is 0 Å². The van der Waals surface area contributed by atoms with E-state index in [1.54, 1.807) is 28.7 Å². The summed E-state index contributed by atoms with van der Waals surface area (Å²) < 4.78 is 6.71. The third-order valence-electron chi connectivity index (χ3n) is 3.07. The summed E-state index contributed by atoms with van der Waals surface area (Å²) in [5.41, 5.74) is 1.09. The van der Waals surface area contributed by atoms with Crippen molar-refractivity contribution >= 4 is 45.7 Å². The zero-order valence-corrected chi connectivity index (χ0v) is 13.4. The molecule has 0 saturated carbocycles. The number of esters is 1. The van der Waals surface area contributed by atoms with E-state index in [0.717, 1.165) is 4.96 Å². The molecule has 5 nitrogen and oxygen atoms in total. The lowest BCUT2D eigenvalue weighted by Crippen LogP contribution is -2.12. The third-order valence-corrected chi connectivity index (χ3v) is 4.11. The summed E-state index contributed by atoms with van der Waals surface area (Å²) in [6.07, 6.45) is 4.55. The molecule has 0 N–H and O–H groups in total. The van der Waals surface area contributed by atoms with Gasteiger partial charge in [-0.15, -0.1) is 11.3 Å². The van der Waals surface area contributed by atoms with Gasteiger partial charge in [0.2, 0.25) is 0 Å². The highest BCUT2D eigenvalue weighted by Gasteiger charge is 2.10. The first kappa shape index (κ1) is 15.5. The molecule has 0 aliphatic rings. The van der Waals surface area contributed by atoms with Crippen LogP contribution in [-0.4, -0.2) is 27.7 Å². The van der Waals surface area contributed by atoms with Crippen LogP contribution in [0.1, 0.15) is 16.1 Å². The lowest BCUT2D eigenvalue weighted by molar-refractivity contribution is -0.136. The first-order chi connectivity index (χ1) is 11.1. The molecule has 0 aliphatic carbocycles. The Morgan fingerprint density at radius 1 is 1.30 bits per heavy atom. The molecule has 0 amide bonds. The highest BCUT2D eigenvalue weighted by molar-refractivity contribution is 7.15. The summed E-state index contributed by atoms with van der Waals surface area (Å²) in [4.78, 5) is 28.5. The molecule has 23 heavy (non-hydrogen) atoms. The number of thiazole rings is 1. The molecule has 0 bridgehead atoms.